The van der Waals surface area contributed by atoms with Crippen LogP contribution in [0.1, 0.15) is 24.0 Å². The van der Waals surface area contributed by atoms with E-state index in [-0.39, 0.29) is 6.61 Å². The highest BCUT2D eigenvalue weighted by Crippen LogP contribution is 2.31. The van der Waals surface area contributed by atoms with Gasteiger partial charge >= 0.3 is 5.97 Å². The minimum absolute atomic E-state index is 0.216. The summed E-state index contributed by atoms with van der Waals surface area (Å²) in [4.78, 5) is 12.1. The van der Waals surface area contributed by atoms with E-state index in [1.165, 1.54) is 0 Å². The summed E-state index contributed by atoms with van der Waals surface area (Å²) in [6.45, 7) is 1.92. The number of aliphatic hydroxyl groups is 1. The molecule has 5 heteroatoms. The Morgan fingerprint density at radius 3 is 1.67 bits per heavy atom. The van der Waals surface area contributed by atoms with Crippen molar-refractivity contribution < 1.29 is 24.1 Å². The fraction of sp³-hybridized carbons (Fsp3) is 0.316. The summed E-state index contributed by atoms with van der Waals surface area (Å²) in [7, 11) is 3.17. The Hall–Kier alpha value is -2.53. The summed E-state index contributed by atoms with van der Waals surface area (Å²) < 4.78 is 15.3. The second-order valence-electron chi connectivity index (χ2n) is 5.22. The number of benzene rings is 2. The number of carbonyl (C=O) groups is 1. The van der Waals surface area contributed by atoms with Gasteiger partial charge in [0.25, 0.3) is 0 Å². The van der Waals surface area contributed by atoms with Crippen LogP contribution in [0.3, 0.4) is 0 Å². The van der Waals surface area contributed by atoms with Crippen molar-refractivity contribution in [3.05, 3.63) is 59.7 Å². The van der Waals surface area contributed by atoms with Crippen molar-refractivity contribution >= 4 is 5.97 Å². The van der Waals surface area contributed by atoms with Crippen LogP contribution in [-0.2, 0) is 9.53 Å². The van der Waals surface area contributed by atoms with E-state index in [0.717, 1.165) is 11.1 Å². The van der Waals surface area contributed by atoms with Crippen molar-refractivity contribution in [3.8, 4) is 11.5 Å². The number of rotatable bonds is 7. The average molecular weight is 330 g/mol. The molecule has 2 aromatic rings. The third kappa shape index (κ3) is 4.06. The number of esters is 1. The molecule has 0 fully saturated rings. The normalized spacial score (nSPS) is 11.9. The topological polar surface area (TPSA) is 65.0 Å². The number of hydrogen-bond acceptors (Lipinski definition) is 5. The summed E-state index contributed by atoms with van der Waals surface area (Å²) in [5, 5.41) is 10.5. The van der Waals surface area contributed by atoms with Crippen LogP contribution in [0.25, 0.3) is 0 Å². The number of aliphatic hydroxyl groups excluding tert-OH is 1. The molecule has 0 saturated heterocycles. The molecular weight excluding hydrogens is 308 g/mol. The molecule has 0 aliphatic carbocycles. The Bertz CT molecular complexity index is 601. The van der Waals surface area contributed by atoms with Gasteiger partial charge < -0.3 is 19.3 Å². The van der Waals surface area contributed by atoms with E-state index in [0.29, 0.717) is 11.5 Å². The monoisotopic (exact) mass is 330 g/mol. The molecule has 0 bridgehead atoms. The maximum absolute atomic E-state index is 12.1. The van der Waals surface area contributed by atoms with E-state index in [2.05, 4.69) is 0 Å². The van der Waals surface area contributed by atoms with Gasteiger partial charge in [-0.2, -0.15) is 0 Å². The zero-order valence-corrected chi connectivity index (χ0v) is 14.1. The molecule has 0 amide bonds. The van der Waals surface area contributed by atoms with Crippen molar-refractivity contribution in [1.82, 2.24) is 0 Å². The average Bonchev–Trinajstić information content (AvgIpc) is 2.63. The van der Waals surface area contributed by atoms with E-state index in [4.69, 9.17) is 14.2 Å². The summed E-state index contributed by atoms with van der Waals surface area (Å²) in [6, 6.07) is 14.5. The summed E-state index contributed by atoms with van der Waals surface area (Å²) >= 11 is 0. The smallest absolute Gasteiger partial charge is 0.335 e. The van der Waals surface area contributed by atoms with Crippen molar-refractivity contribution in [1.29, 1.82) is 0 Å². The second kappa shape index (κ2) is 8.36. The van der Waals surface area contributed by atoms with Crippen LogP contribution in [0.2, 0.25) is 0 Å². The van der Waals surface area contributed by atoms with Gasteiger partial charge in [0.15, 0.2) is 6.10 Å². The van der Waals surface area contributed by atoms with Crippen LogP contribution in [0, 0.1) is 0 Å². The van der Waals surface area contributed by atoms with Crippen molar-refractivity contribution in [3.63, 3.8) is 0 Å². The molecule has 2 rings (SSSR count). The minimum atomic E-state index is -1.30. The second-order valence-corrected chi connectivity index (χ2v) is 5.22. The van der Waals surface area contributed by atoms with Gasteiger partial charge in [0, 0.05) is 5.92 Å². The van der Waals surface area contributed by atoms with Crippen molar-refractivity contribution in [2.45, 2.75) is 18.9 Å². The van der Waals surface area contributed by atoms with Gasteiger partial charge in [-0.1, -0.05) is 24.3 Å². The number of carbonyl (C=O) groups excluding carboxylic acids is 1. The molecule has 0 aliphatic rings. The molecule has 1 N–H and O–H groups in total. The largest absolute Gasteiger partial charge is 0.497 e. The summed E-state index contributed by atoms with van der Waals surface area (Å²) in [5.74, 6) is 0.228. The SMILES string of the molecule is CCOC(=O)[C@H](O)C(c1ccc(OC)cc1)c1ccc(OC)cc1. The number of methoxy groups -OCH3 is 2. The van der Waals surface area contributed by atoms with Gasteiger partial charge in [-0.25, -0.2) is 4.79 Å². The molecule has 24 heavy (non-hydrogen) atoms. The van der Waals surface area contributed by atoms with E-state index in [9.17, 15) is 9.90 Å². The van der Waals surface area contributed by atoms with E-state index in [1.807, 2.05) is 24.3 Å². The molecule has 5 nitrogen and oxygen atoms in total. The standard InChI is InChI=1S/C19H22O5/c1-4-24-19(21)18(20)17(13-5-9-15(22-2)10-6-13)14-7-11-16(23-3)12-8-14/h5-12,17-18,20H,4H2,1-3H3/t18-/m1/s1. The maximum Gasteiger partial charge on any atom is 0.335 e. The van der Waals surface area contributed by atoms with Gasteiger partial charge in [0.2, 0.25) is 0 Å². The van der Waals surface area contributed by atoms with Gasteiger partial charge in [0.05, 0.1) is 20.8 Å². The molecular formula is C19H22O5. The van der Waals surface area contributed by atoms with Crippen molar-refractivity contribution in [2.24, 2.45) is 0 Å². The third-order valence-electron chi connectivity index (χ3n) is 3.79. The third-order valence-corrected chi connectivity index (χ3v) is 3.79. The fourth-order valence-corrected chi connectivity index (χ4v) is 2.54. The zero-order valence-electron chi connectivity index (χ0n) is 14.1. The first-order valence-corrected chi connectivity index (χ1v) is 7.73. The molecule has 0 heterocycles. The Morgan fingerprint density at radius 1 is 0.917 bits per heavy atom. The lowest BCUT2D eigenvalue weighted by atomic mass is 9.86. The Morgan fingerprint density at radius 2 is 1.33 bits per heavy atom. The number of hydrogen-bond donors (Lipinski definition) is 1. The van der Waals surface area contributed by atoms with Crippen LogP contribution >= 0.6 is 0 Å². The quantitative estimate of drug-likeness (QED) is 0.791. The lowest BCUT2D eigenvalue weighted by Gasteiger charge is -2.23. The zero-order chi connectivity index (χ0) is 17.5. The predicted molar refractivity (Wildman–Crippen MR) is 90.5 cm³/mol. The maximum atomic E-state index is 12.1. The van der Waals surface area contributed by atoms with E-state index >= 15 is 0 Å². The number of ether oxygens (including phenoxy) is 3. The van der Waals surface area contributed by atoms with Crippen LogP contribution < -0.4 is 9.47 Å². The van der Waals surface area contributed by atoms with E-state index in [1.54, 1.807) is 45.4 Å². The molecule has 128 valence electrons. The van der Waals surface area contributed by atoms with Crippen molar-refractivity contribution in [2.75, 3.05) is 20.8 Å². The highest BCUT2D eigenvalue weighted by atomic mass is 16.5. The van der Waals surface area contributed by atoms with E-state index < -0.39 is 18.0 Å². The van der Waals surface area contributed by atoms with Gasteiger partial charge in [-0.15, -0.1) is 0 Å². The highest BCUT2D eigenvalue weighted by molar-refractivity contribution is 5.76. The molecule has 0 aromatic heterocycles. The summed E-state index contributed by atoms with van der Waals surface area (Å²) in [6.07, 6.45) is -1.30. The highest BCUT2D eigenvalue weighted by Gasteiger charge is 2.30. The summed E-state index contributed by atoms with van der Waals surface area (Å²) in [5.41, 5.74) is 1.59. The molecule has 0 unspecified atom stereocenters. The Labute approximate surface area is 141 Å². The lowest BCUT2D eigenvalue weighted by molar-refractivity contribution is -0.153. The molecule has 0 saturated carbocycles. The predicted octanol–water partition coefficient (Wildman–Crippen LogP) is 2.76. The first-order valence-electron chi connectivity index (χ1n) is 7.73. The van der Waals surface area contributed by atoms with Gasteiger partial charge in [0.1, 0.15) is 11.5 Å². The molecule has 0 radical (unpaired) electrons. The lowest BCUT2D eigenvalue weighted by Crippen LogP contribution is -2.30. The van der Waals surface area contributed by atoms with Gasteiger partial charge in [-0.3, -0.25) is 0 Å². The first kappa shape index (κ1) is 17.8. The Kier molecular flexibility index (Phi) is 6.21. The fourth-order valence-electron chi connectivity index (χ4n) is 2.54. The van der Waals surface area contributed by atoms with Crippen LogP contribution in [0.15, 0.2) is 48.5 Å². The molecule has 0 aliphatic heterocycles. The van der Waals surface area contributed by atoms with Gasteiger partial charge in [-0.05, 0) is 42.3 Å². The molecule has 1 atom stereocenters. The van der Waals surface area contributed by atoms with Crippen LogP contribution in [0.5, 0.6) is 11.5 Å². The molecule has 2 aromatic carbocycles. The van der Waals surface area contributed by atoms with Crippen LogP contribution in [-0.4, -0.2) is 38.0 Å². The minimum Gasteiger partial charge on any atom is -0.497 e. The Balaban J connectivity index is 2.40. The molecule has 0 spiro atoms. The van der Waals surface area contributed by atoms with Crippen LogP contribution in [0.4, 0.5) is 0 Å². The first-order chi connectivity index (χ1) is 11.6.